The average molecular weight is 431 g/mol. The molecule has 10 nitrogen and oxygen atoms in total. The highest BCUT2D eigenvalue weighted by Gasteiger charge is 2.16. The molecule has 150 valence electrons. The summed E-state index contributed by atoms with van der Waals surface area (Å²) in [6, 6.07) is 5.93. The molecule has 0 spiro atoms. The van der Waals surface area contributed by atoms with Crippen LogP contribution < -0.4 is 44.8 Å². The predicted octanol–water partition coefficient (Wildman–Crippen LogP) is -7.49. The van der Waals surface area contributed by atoms with Gasteiger partial charge in [0.25, 0.3) is 11.8 Å². The van der Waals surface area contributed by atoms with Gasteiger partial charge < -0.3 is 35.0 Å². The SMILES string of the molecule is O=C(O)C[n+]1cccc(C(=O)NNC(=O)c2ccc[n+](CC(=O)O)c2)c1.[Cl-].[Cl-]. The number of aromatic nitrogens is 2. The van der Waals surface area contributed by atoms with E-state index in [1.165, 1.54) is 58.2 Å². The Bertz CT molecular complexity index is 806. The van der Waals surface area contributed by atoms with Gasteiger partial charge in [-0.2, -0.15) is 9.13 Å². The number of rotatable bonds is 6. The lowest BCUT2D eigenvalue weighted by Crippen LogP contribution is -3.00. The first-order valence-corrected chi connectivity index (χ1v) is 7.37. The van der Waals surface area contributed by atoms with Crippen LogP contribution in [-0.2, 0) is 22.7 Å². The second-order valence-electron chi connectivity index (χ2n) is 5.23. The van der Waals surface area contributed by atoms with Crippen molar-refractivity contribution in [1.29, 1.82) is 0 Å². The second-order valence-corrected chi connectivity index (χ2v) is 5.23. The minimum Gasteiger partial charge on any atom is -1.00 e. The number of amides is 2. The molecule has 0 atom stereocenters. The van der Waals surface area contributed by atoms with Gasteiger partial charge in [-0.05, 0) is 12.1 Å². The molecule has 0 bridgehead atoms. The van der Waals surface area contributed by atoms with Gasteiger partial charge in [0, 0.05) is 12.1 Å². The van der Waals surface area contributed by atoms with Gasteiger partial charge in [-0.1, -0.05) is 0 Å². The first kappa shape index (κ1) is 24.8. The third-order valence-electron chi connectivity index (χ3n) is 3.17. The second kappa shape index (κ2) is 11.5. The molecule has 2 amide bonds. The number of nitrogens with one attached hydrogen (secondary N) is 2. The third-order valence-corrected chi connectivity index (χ3v) is 3.17. The van der Waals surface area contributed by atoms with Gasteiger partial charge in [0.05, 0.1) is 0 Å². The van der Waals surface area contributed by atoms with Crippen LogP contribution in [0.4, 0.5) is 0 Å². The number of carbonyl (C=O) groups excluding carboxylic acids is 2. The molecule has 2 aromatic heterocycles. The summed E-state index contributed by atoms with van der Waals surface area (Å²) in [5, 5.41) is 17.5. The predicted molar refractivity (Wildman–Crippen MR) is 83.5 cm³/mol. The van der Waals surface area contributed by atoms with E-state index in [0.717, 1.165) is 0 Å². The number of hydrogen-bond donors (Lipinski definition) is 4. The molecule has 0 aliphatic heterocycles. The van der Waals surface area contributed by atoms with Crippen molar-refractivity contribution in [2.45, 2.75) is 13.1 Å². The van der Waals surface area contributed by atoms with Crippen LogP contribution in [-0.4, -0.2) is 34.0 Å². The maximum Gasteiger partial charge on any atom is 0.370 e. The van der Waals surface area contributed by atoms with Gasteiger partial charge >= 0.3 is 11.9 Å². The van der Waals surface area contributed by atoms with Crippen LogP contribution in [0.25, 0.3) is 0 Å². The lowest BCUT2D eigenvalue weighted by atomic mass is 10.2. The van der Waals surface area contributed by atoms with Gasteiger partial charge in [-0.15, -0.1) is 0 Å². The van der Waals surface area contributed by atoms with E-state index in [1.807, 2.05) is 0 Å². The van der Waals surface area contributed by atoms with Crippen LogP contribution in [0, 0.1) is 0 Å². The standard InChI is InChI=1S/C16H14N4O6.2ClH/c21-13(22)9-19-5-1-3-11(7-19)15(25)17-18-16(26)12-4-2-6-20(8-12)10-14(23)24;;/h1-8H,9-10H2,(H2-2,17,18,21,22,23,24,25,26);2*1H. The zero-order valence-electron chi connectivity index (χ0n) is 14.2. The molecule has 2 aromatic rings. The molecule has 0 aliphatic carbocycles. The van der Waals surface area contributed by atoms with E-state index in [2.05, 4.69) is 10.9 Å². The summed E-state index contributed by atoms with van der Waals surface area (Å²) in [6.07, 6.45) is 5.65. The van der Waals surface area contributed by atoms with Crippen LogP contribution in [0.5, 0.6) is 0 Å². The van der Waals surface area contributed by atoms with Crippen molar-refractivity contribution < 1.29 is 63.3 Å². The Morgan fingerprint density at radius 3 is 1.43 bits per heavy atom. The van der Waals surface area contributed by atoms with Crippen molar-refractivity contribution in [2.24, 2.45) is 0 Å². The van der Waals surface area contributed by atoms with Crippen molar-refractivity contribution in [2.75, 3.05) is 0 Å². The van der Waals surface area contributed by atoms with Crippen LogP contribution in [0.15, 0.2) is 49.1 Å². The van der Waals surface area contributed by atoms with E-state index in [1.54, 1.807) is 0 Å². The summed E-state index contributed by atoms with van der Waals surface area (Å²) in [5.74, 6) is -3.38. The Morgan fingerprint density at radius 1 is 0.750 bits per heavy atom. The molecule has 0 saturated heterocycles. The molecule has 0 unspecified atom stereocenters. The van der Waals surface area contributed by atoms with E-state index >= 15 is 0 Å². The minimum absolute atomic E-state index is 0. The van der Waals surface area contributed by atoms with Gasteiger partial charge in [0.15, 0.2) is 24.8 Å². The van der Waals surface area contributed by atoms with Gasteiger partial charge in [-0.25, -0.2) is 9.59 Å². The molecular formula is C16H16Cl2N4O6. The average Bonchev–Trinajstić information content (AvgIpc) is 2.58. The van der Waals surface area contributed by atoms with Crippen LogP contribution in [0.1, 0.15) is 20.7 Å². The highest BCUT2D eigenvalue weighted by atomic mass is 35.5. The molecule has 2 rings (SSSR count). The van der Waals surface area contributed by atoms with Gasteiger partial charge in [0.1, 0.15) is 11.1 Å². The van der Waals surface area contributed by atoms with Crippen molar-refractivity contribution in [3.8, 4) is 0 Å². The number of hydrogen-bond acceptors (Lipinski definition) is 4. The number of carbonyl (C=O) groups is 4. The summed E-state index contributed by atoms with van der Waals surface area (Å²) in [5.41, 5.74) is 4.74. The van der Waals surface area contributed by atoms with E-state index in [0.29, 0.717) is 0 Å². The molecule has 12 heteroatoms. The van der Waals surface area contributed by atoms with Crippen LogP contribution in [0.2, 0.25) is 0 Å². The number of halogens is 2. The number of hydrazine groups is 1. The van der Waals surface area contributed by atoms with E-state index < -0.39 is 23.8 Å². The lowest BCUT2D eigenvalue weighted by molar-refractivity contribution is -0.686. The quantitative estimate of drug-likeness (QED) is 0.265. The highest BCUT2D eigenvalue weighted by molar-refractivity contribution is 5.98. The van der Waals surface area contributed by atoms with E-state index in [-0.39, 0.29) is 49.0 Å². The smallest absolute Gasteiger partial charge is 0.370 e. The Balaban J connectivity index is 0.00000364. The molecule has 0 aliphatic rings. The topological polar surface area (TPSA) is 141 Å². The Morgan fingerprint density at radius 2 is 1.11 bits per heavy atom. The fourth-order valence-corrected chi connectivity index (χ4v) is 2.08. The van der Waals surface area contributed by atoms with Crippen molar-refractivity contribution in [3.63, 3.8) is 0 Å². The van der Waals surface area contributed by atoms with Crippen molar-refractivity contribution in [3.05, 3.63) is 60.2 Å². The van der Waals surface area contributed by atoms with E-state index in [9.17, 15) is 19.2 Å². The number of carboxylic acids is 2. The highest BCUT2D eigenvalue weighted by Crippen LogP contribution is 1.96. The summed E-state index contributed by atoms with van der Waals surface area (Å²) < 4.78 is 2.62. The molecular weight excluding hydrogens is 415 g/mol. The molecule has 0 aromatic carbocycles. The minimum atomic E-state index is -1.06. The zero-order chi connectivity index (χ0) is 19.1. The molecule has 0 fully saturated rings. The van der Waals surface area contributed by atoms with Crippen molar-refractivity contribution >= 4 is 23.8 Å². The largest absolute Gasteiger partial charge is 1.00 e. The van der Waals surface area contributed by atoms with Crippen LogP contribution in [0.3, 0.4) is 0 Å². The summed E-state index contributed by atoms with van der Waals surface area (Å²) in [6.45, 7) is -0.609. The van der Waals surface area contributed by atoms with Gasteiger partial charge in [-0.3, -0.25) is 20.4 Å². The third kappa shape index (κ3) is 7.56. The van der Waals surface area contributed by atoms with Crippen LogP contribution >= 0.6 is 0 Å². The summed E-state index contributed by atoms with van der Waals surface area (Å²) >= 11 is 0. The van der Waals surface area contributed by atoms with Gasteiger partial charge in [0.2, 0.25) is 13.1 Å². The normalized spacial score (nSPS) is 9.29. The summed E-state index contributed by atoms with van der Waals surface area (Å²) in [7, 11) is 0. The first-order valence-electron chi connectivity index (χ1n) is 7.37. The maximum atomic E-state index is 12.1. The molecule has 2 heterocycles. The molecule has 0 saturated carbocycles. The van der Waals surface area contributed by atoms with E-state index in [4.69, 9.17) is 10.2 Å². The number of carboxylic acid groups (broad SMARTS) is 2. The monoisotopic (exact) mass is 430 g/mol. The summed E-state index contributed by atoms with van der Waals surface area (Å²) in [4.78, 5) is 45.5. The maximum absolute atomic E-state index is 12.1. The molecule has 28 heavy (non-hydrogen) atoms. The number of aliphatic carboxylic acids is 2. The zero-order valence-corrected chi connectivity index (χ0v) is 15.7. The Kier molecular flexibility index (Phi) is 10.1. The Hall–Kier alpha value is -3.24. The Labute approximate surface area is 171 Å². The molecule has 4 N–H and O–H groups in total. The number of nitrogens with zero attached hydrogens (tertiary/aromatic N) is 2. The van der Waals surface area contributed by atoms with Crippen molar-refractivity contribution in [1.82, 2.24) is 10.9 Å². The lowest BCUT2D eigenvalue weighted by Gasteiger charge is -2.06. The fraction of sp³-hybridized carbons (Fsp3) is 0.125. The molecule has 0 radical (unpaired) electrons. The first-order chi connectivity index (χ1) is 12.3. The fourth-order valence-electron chi connectivity index (χ4n) is 2.08. The number of pyridine rings is 2.